The van der Waals surface area contributed by atoms with Crippen LogP contribution in [0.25, 0.3) is 0 Å². The Labute approximate surface area is 126 Å². The third kappa shape index (κ3) is 3.80. The maximum Gasteiger partial charge on any atom is 0.148 e. The lowest BCUT2D eigenvalue weighted by atomic mass is 10.2. The van der Waals surface area contributed by atoms with Crippen molar-refractivity contribution in [1.29, 1.82) is 0 Å². The number of nitrogens with zero attached hydrogens (tertiary/aromatic N) is 4. The Hall–Kier alpha value is -1.91. The van der Waals surface area contributed by atoms with E-state index in [1.807, 2.05) is 26.2 Å². The topological polar surface area (TPSA) is 55.6 Å². The van der Waals surface area contributed by atoms with Gasteiger partial charge in [-0.15, -0.1) is 0 Å². The highest BCUT2D eigenvalue weighted by Gasteiger charge is 2.12. The van der Waals surface area contributed by atoms with Crippen LogP contribution in [0.3, 0.4) is 0 Å². The molecule has 2 aromatic heterocycles. The summed E-state index contributed by atoms with van der Waals surface area (Å²) in [6.45, 7) is 10.2. The molecule has 5 nitrogen and oxygen atoms in total. The summed E-state index contributed by atoms with van der Waals surface area (Å²) in [5, 5.41) is 3.38. The third-order valence-electron chi connectivity index (χ3n) is 3.51. The normalized spacial score (nSPS) is 10.9. The van der Waals surface area contributed by atoms with Crippen LogP contribution < -0.4 is 5.32 Å². The number of hydrogen-bond acceptors (Lipinski definition) is 4. The van der Waals surface area contributed by atoms with Crippen molar-refractivity contribution in [2.45, 2.75) is 53.5 Å². The number of rotatable bonds is 7. The molecular weight excluding hydrogens is 262 g/mol. The number of aromatic nitrogens is 4. The van der Waals surface area contributed by atoms with E-state index in [2.05, 4.69) is 33.7 Å². The highest BCUT2D eigenvalue weighted by molar-refractivity contribution is 5.43. The molecular formula is C16H25N5. The Morgan fingerprint density at radius 2 is 1.86 bits per heavy atom. The van der Waals surface area contributed by atoms with E-state index < -0.39 is 0 Å². The maximum atomic E-state index is 4.72. The second kappa shape index (κ2) is 7.20. The van der Waals surface area contributed by atoms with Crippen LogP contribution in [0.2, 0.25) is 0 Å². The number of hydrogen-bond donors (Lipinski definition) is 1. The molecule has 0 unspecified atom stereocenters. The molecule has 0 aromatic carbocycles. The molecule has 5 heteroatoms. The molecule has 21 heavy (non-hydrogen) atoms. The molecule has 2 aromatic rings. The van der Waals surface area contributed by atoms with E-state index >= 15 is 0 Å². The average molecular weight is 287 g/mol. The minimum Gasteiger partial charge on any atom is -0.369 e. The van der Waals surface area contributed by atoms with Crippen molar-refractivity contribution < 1.29 is 0 Å². The van der Waals surface area contributed by atoms with Crippen molar-refractivity contribution in [1.82, 2.24) is 19.5 Å². The molecule has 0 saturated carbocycles. The molecule has 0 aliphatic carbocycles. The molecule has 0 aliphatic heterocycles. The van der Waals surface area contributed by atoms with Gasteiger partial charge in [-0.05, 0) is 26.7 Å². The van der Waals surface area contributed by atoms with Gasteiger partial charge in [-0.2, -0.15) is 0 Å². The average Bonchev–Trinajstić information content (AvgIpc) is 2.89. The maximum absolute atomic E-state index is 4.72. The van der Waals surface area contributed by atoms with Gasteiger partial charge in [0.25, 0.3) is 0 Å². The Morgan fingerprint density at radius 1 is 1.10 bits per heavy atom. The molecule has 0 radical (unpaired) electrons. The summed E-state index contributed by atoms with van der Waals surface area (Å²) in [7, 11) is 0. The predicted octanol–water partition coefficient (Wildman–Crippen LogP) is 3.11. The lowest BCUT2D eigenvalue weighted by Gasteiger charge is -2.13. The second-order valence-electron chi connectivity index (χ2n) is 5.33. The van der Waals surface area contributed by atoms with Crippen LogP contribution in [0.15, 0.2) is 12.4 Å². The highest BCUT2D eigenvalue weighted by atomic mass is 15.1. The van der Waals surface area contributed by atoms with E-state index in [4.69, 9.17) is 4.98 Å². The van der Waals surface area contributed by atoms with Gasteiger partial charge in [0.2, 0.25) is 0 Å². The molecule has 2 rings (SSSR count). The van der Waals surface area contributed by atoms with Crippen molar-refractivity contribution >= 4 is 5.82 Å². The monoisotopic (exact) mass is 287 g/mol. The standard InChI is InChI=1S/C16H25N5/c1-5-7-18-16-14(19-12(3)13(4)20-16)11-15-17-8-10-21(15)9-6-2/h8,10H,5-7,9,11H2,1-4H3,(H,18,20). The molecule has 0 amide bonds. The predicted molar refractivity (Wildman–Crippen MR) is 85.6 cm³/mol. The minimum absolute atomic E-state index is 0.715. The van der Waals surface area contributed by atoms with E-state index in [1.165, 1.54) is 0 Å². The van der Waals surface area contributed by atoms with E-state index in [1.54, 1.807) is 0 Å². The van der Waals surface area contributed by atoms with Crippen LogP contribution >= 0.6 is 0 Å². The van der Waals surface area contributed by atoms with Gasteiger partial charge in [0.05, 0.1) is 23.5 Å². The van der Waals surface area contributed by atoms with Crippen LogP contribution in [-0.2, 0) is 13.0 Å². The van der Waals surface area contributed by atoms with Gasteiger partial charge < -0.3 is 9.88 Å². The first-order valence-corrected chi connectivity index (χ1v) is 7.73. The number of anilines is 1. The van der Waals surface area contributed by atoms with Crippen LogP contribution in [0, 0.1) is 13.8 Å². The summed E-state index contributed by atoms with van der Waals surface area (Å²) >= 11 is 0. The summed E-state index contributed by atoms with van der Waals surface area (Å²) in [6.07, 6.45) is 6.78. The largest absolute Gasteiger partial charge is 0.369 e. The number of nitrogens with one attached hydrogen (secondary N) is 1. The third-order valence-corrected chi connectivity index (χ3v) is 3.51. The van der Waals surface area contributed by atoms with Gasteiger partial charge in [-0.25, -0.2) is 9.97 Å². The first-order chi connectivity index (χ1) is 10.2. The summed E-state index contributed by atoms with van der Waals surface area (Å²) in [5.41, 5.74) is 2.95. The Bertz CT molecular complexity index is 588. The molecule has 0 spiro atoms. The molecule has 0 bridgehead atoms. The van der Waals surface area contributed by atoms with Crippen molar-refractivity contribution in [2.75, 3.05) is 11.9 Å². The fraction of sp³-hybridized carbons (Fsp3) is 0.562. The van der Waals surface area contributed by atoms with Gasteiger partial charge in [0.15, 0.2) is 0 Å². The fourth-order valence-electron chi connectivity index (χ4n) is 2.26. The lowest BCUT2D eigenvalue weighted by molar-refractivity contribution is 0.644. The second-order valence-corrected chi connectivity index (χ2v) is 5.33. The highest BCUT2D eigenvalue weighted by Crippen LogP contribution is 2.17. The quantitative estimate of drug-likeness (QED) is 0.850. The Morgan fingerprint density at radius 3 is 2.57 bits per heavy atom. The van der Waals surface area contributed by atoms with Crippen LogP contribution in [0.4, 0.5) is 5.82 Å². The van der Waals surface area contributed by atoms with Gasteiger partial charge in [-0.3, -0.25) is 4.98 Å². The zero-order valence-corrected chi connectivity index (χ0v) is 13.5. The van der Waals surface area contributed by atoms with Gasteiger partial charge in [0, 0.05) is 25.5 Å². The van der Waals surface area contributed by atoms with Gasteiger partial charge >= 0.3 is 0 Å². The van der Waals surface area contributed by atoms with Crippen molar-refractivity contribution in [3.8, 4) is 0 Å². The van der Waals surface area contributed by atoms with Crippen molar-refractivity contribution in [3.05, 3.63) is 35.3 Å². The number of aryl methyl sites for hydroxylation is 3. The zero-order chi connectivity index (χ0) is 15.2. The van der Waals surface area contributed by atoms with Crippen molar-refractivity contribution in [3.63, 3.8) is 0 Å². The van der Waals surface area contributed by atoms with E-state index in [9.17, 15) is 0 Å². The SMILES string of the molecule is CCCNc1nc(C)c(C)nc1Cc1nccn1CCC. The van der Waals surface area contributed by atoms with E-state index in [0.717, 1.165) is 54.7 Å². The van der Waals surface area contributed by atoms with Crippen molar-refractivity contribution in [2.24, 2.45) is 0 Å². The number of imidazole rings is 1. The smallest absolute Gasteiger partial charge is 0.148 e. The molecule has 0 fully saturated rings. The van der Waals surface area contributed by atoms with Gasteiger partial charge in [-0.1, -0.05) is 13.8 Å². The first-order valence-electron chi connectivity index (χ1n) is 7.73. The van der Waals surface area contributed by atoms with Crippen LogP contribution in [-0.4, -0.2) is 26.1 Å². The molecule has 114 valence electrons. The Kier molecular flexibility index (Phi) is 5.31. The lowest BCUT2D eigenvalue weighted by Crippen LogP contribution is -2.12. The zero-order valence-electron chi connectivity index (χ0n) is 13.5. The minimum atomic E-state index is 0.715. The summed E-state index contributed by atoms with van der Waals surface area (Å²) in [4.78, 5) is 13.9. The Balaban J connectivity index is 2.28. The fourth-order valence-corrected chi connectivity index (χ4v) is 2.26. The summed E-state index contributed by atoms with van der Waals surface area (Å²) in [6, 6.07) is 0. The van der Waals surface area contributed by atoms with E-state index in [0.29, 0.717) is 6.42 Å². The molecule has 0 aliphatic rings. The summed E-state index contributed by atoms with van der Waals surface area (Å²) in [5.74, 6) is 1.94. The van der Waals surface area contributed by atoms with Gasteiger partial charge in [0.1, 0.15) is 11.6 Å². The van der Waals surface area contributed by atoms with Crippen LogP contribution in [0.1, 0.15) is 49.6 Å². The molecule has 1 N–H and O–H groups in total. The summed E-state index contributed by atoms with van der Waals surface area (Å²) < 4.78 is 2.19. The van der Waals surface area contributed by atoms with Crippen LogP contribution in [0.5, 0.6) is 0 Å². The molecule has 0 atom stereocenters. The molecule has 2 heterocycles. The molecule has 0 saturated heterocycles. The first kappa shape index (κ1) is 15.5. The van der Waals surface area contributed by atoms with E-state index in [-0.39, 0.29) is 0 Å².